The van der Waals surface area contributed by atoms with Crippen molar-refractivity contribution in [2.75, 3.05) is 19.2 Å². The molecule has 1 aliphatic heterocycles. The number of benzene rings is 2. The van der Waals surface area contributed by atoms with Crippen molar-refractivity contribution in [2.45, 2.75) is 13.0 Å². The molecule has 8 heteroatoms. The molecule has 1 amide bonds. The number of Topliss-reactive ketones (excluding diaryl/α,β-unsaturated/α-hetero) is 1. The summed E-state index contributed by atoms with van der Waals surface area (Å²) >= 11 is 0. The molecular formula is C20H21N3O5. The van der Waals surface area contributed by atoms with Crippen molar-refractivity contribution >= 4 is 17.4 Å². The second-order valence-corrected chi connectivity index (χ2v) is 5.99. The van der Waals surface area contributed by atoms with E-state index < -0.39 is 6.04 Å². The minimum atomic E-state index is -0.770. The molecule has 2 aromatic carbocycles. The van der Waals surface area contributed by atoms with Crippen molar-refractivity contribution in [3.8, 4) is 11.5 Å². The topological polar surface area (TPSA) is 89.1 Å². The van der Waals surface area contributed by atoms with Crippen molar-refractivity contribution in [2.24, 2.45) is 0 Å². The van der Waals surface area contributed by atoms with E-state index in [9.17, 15) is 9.59 Å². The van der Waals surface area contributed by atoms with Gasteiger partial charge in [0.1, 0.15) is 5.69 Å². The molecular weight excluding hydrogens is 362 g/mol. The highest BCUT2D eigenvalue weighted by molar-refractivity contribution is 6.03. The highest BCUT2D eigenvalue weighted by Gasteiger charge is 2.28. The monoisotopic (exact) mass is 383 g/mol. The SMILES string of the molecule is COc1cccc(N2C=C(C(=O)C(C)NC(=O)c3ccccc3)ON2)c1OC. The summed E-state index contributed by atoms with van der Waals surface area (Å²) in [6.07, 6.45) is 1.49. The van der Waals surface area contributed by atoms with Gasteiger partial charge >= 0.3 is 0 Å². The molecule has 0 aromatic heterocycles. The fourth-order valence-electron chi connectivity index (χ4n) is 2.71. The molecule has 0 saturated carbocycles. The van der Waals surface area contributed by atoms with Crippen molar-refractivity contribution in [3.63, 3.8) is 0 Å². The fraction of sp³-hybridized carbons (Fsp3) is 0.200. The van der Waals surface area contributed by atoms with E-state index >= 15 is 0 Å². The molecule has 0 fully saturated rings. The second-order valence-electron chi connectivity index (χ2n) is 5.99. The number of nitrogens with zero attached hydrogens (tertiary/aromatic N) is 1. The summed E-state index contributed by atoms with van der Waals surface area (Å²) in [5, 5.41) is 4.17. The predicted octanol–water partition coefficient (Wildman–Crippen LogP) is 2.19. The van der Waals surface area contributed by atoms with Gasteiger partial charge in [0.25, 0.3) is 5.91 Å². The van der Waals surface area contributed by atoms with Crippen LogP contribution in [0, 0.1) is 0 Å². The van der Waals surface area contributed by atoms with Crippen LogP contribution in [0.25, 0.3) is 0 Å². The number of nitrogens with one attached hydrogen (secondary N) is 2. The summed E-state index contributed by atoms with van der Waals surface area (Å²) in [4.78, 5) is 30.2. The normalized spacial score (nSPS) is 14.0. The Morgan fingerprint density at radius 2 is 1.82 bits per heavy atom. The van der Waals surface area contributed by atoms with Gasteiger partial charge in [-0.25, -0.2) is 5.01 Å². The van der Waals surface area contributed by atoms with Gasteiger partial charge in [-0.05, 0) is 31.2 Å². The second kappa shape index (κ2) is 8.45. The molecule has 1 atom stereocenters. The lowest BCUT2D eigenvalue weighted by molar-refractivity contribution is -0.121. The number of anilines is 1. The number of methoxy groups -OCH3 is 2. The molecule has 2 aromatic rings. The van der Waals surface area contributed by atoms with E-state index in [4.69, 9.17) is 14.3 Å². The maximum absolute atomic E-state index is 12.6. The van der Waals surface area contributed by atoms with Gasteiger partial charge in [0, 0.05) is 5.56 Å². The Morgan fingerprint density at radius 1 is 1.07 bits per heavy atom. The standard InChI is InChI=1S/C20H21N3O5/c1-13(21-20(25)14-8-5-4-6-9-14)18(24)17-12-23(22-28-17)15-10-7-11-16(26-2)19(15)27-3/h4-13,22H,1-3H3,(H,21,25). The highest BCUT2D eigenvalue weighted by Crippen LogP contribution is 2.37. The largest absolute Gasteiger partial charge is 0.493 e. The summed E-state index contributed by atoms with van der Waals surface area (Å²) in [7, 11) is 3.06. The Morgan fingerprint density at radius 3 is 2.50 bits per heavy atom. The van der Waals surface area contributed by atoms with Crippen LogP contribution in [0.3, 0.4) is 0 Å². The maximum atomic E-state index is 12.6. The van der Waals surface area contributed by atoms with Gasteiger partial charge in [0.15, 0.2) is 11.5 Å². The molecule has 0 radical (unpaired) electrons. The van der Waals surface area contributed by atoms with Gasteiger partial charge < -0.3 is 19.6 Å². The van der Waals surface area contributed by atoms with Crippen molar-refractivity contribution < 1.29 is 23.9 Å². The fourth-order valence-corrected chi connectivity index (χ4v) is 2.71. The lowest BCUT2D eigenvalue weighted by atomic mass is 10.1. The van der Waals surface area contributed by atoms with Crippen LogP contribution in [0.4, 0.5) is 5.69 Å². The minimum Gasteiger partial charge on any atom is -0.493 e. The predicted molar refractivity (Wildman–Crippen MR) is 103 cm³/mol. The number of hydrogen-bond donors (Lipinski definition) is 2. The molecule has 1 heterocycles. The third kappa shape index (κ3) is 3.91. The molecule has 28 heavy (non-hydrogen) atoms. The van der Waals surface area contributed by atoms with Crippen LogP contribution in [0.5, 0.6) is 11.5 Å². The number of ketones is 1. The van der Waals surface area contributed by atoms with E-state index in [1.807, 2.05) is 6.07 Å². The molecule has 1 aliphatic rings. The van der Waals surface area contributed by atoms with Gasteiger partial charge in [-0.2, -0.15) is 0 Å². The molecule has 8 nitrogen and oxygen atoms in total. The van der Waals surface area contributed by atoms with Crippen molar-refractivity contribution in [1.29, 1.82) is 0 Å². The van der Waals surface area contributed by atoms with Crippen LogP contribution in [-0.2, 0) is 9.63 Å². The molecule has 0 spiro atoms. The molecule has 3 rings (SSSR count). The van der Waals surface area contributed by atoms with Gasteiger partial charge in [0.05, 0.1) is 26.5 Å². The summed E-state index contributed by atoms with van der Waals surface area (Å²) in [6, 6.07) is 13.2. The van der Waals surface area contributed by atoms with Gasteiger partial charge in [-0.1, -0.05) is 29.9 Å². The lowest BCUT2D eigenvalue weighted by Crippen LogP contribution is -2.39. The third-order valence-corrected chi connectivity index (χ3v) is 4.16. The zero-order valence-electron chi connectivity index (χ0n) is 15.8. The number of amides is 1. The van der Waals surface area contributed by atoms with Gasteiger partial charge in [-0.3, -0.25) is 9.59 Å². The molecule has 1 unspecified atom stereocenters. The van der Waals surface area contributed by atoms with Crippen LogP contribution in [0.2, 0.25) is 0 Å². The smallest absolute Gasteiger partial charge is 0.251 e. The maximum Gasteiger partial charge on any atom is 0.251 e. The van der Waals surface area contributed by atoms with E-state index in [-0.39, 0.29) is 17.4 Å². The molecule has 0 saturated heterocycles. The summed E-state index contributed by atoms with van der Waals surface area (Å²) in [5.41, 5.74) is 3.72. The molecule has 0 aliphatic carbocycles. The first kappa shape index (κ1) is 19.2. The number of ether oxygens (including phenoxy) is 2. The quantitative estimate of drug-likeness (QED) is 0.758. The molecule has 0 bridgehead atoms. The average molecular weight is 383 g/mol. The number of hydrazine groups is 1. The Hall–Kier alpha value is -3.52. The van der Waals surface area contributed by atoms with E-state index in [0.29, 0.717) is 22.7 Å². The lowest BCUT2D eigenvalue weighted by Gasteiger charge is -2.18. The van der Waals surface area contributed by atoms with E-state index in [2.05, 4.69) is 10.9 Å². The van der Waals surface area contributed by atoms with Crippen molar-refractivity contribution in [3.05, 3.63) is 66.1 Å². The summed E-state index contributed by atoms with van der Waals surface area (Å²) in [5.74, 6) is 0.376. The van der Waals surface area contributed by atoms with E-state index in [1.165, 1.54) is 25.4 Å². The minimum absolute atomic E-state index is 0.0609. The number of rotatable bonds is 7. The van der Waals surface area contributed by atoms with Crippen LogP contribution in [0.15, 0.2) is 60.5 Å². The number of para-hydroxylation sites is 1. The first-order chi connectivity index (χ1) is 13.5. The van der Waals surface area contributed by atoms with Crippen LogP contribution >= 0.6 is 0 Å². The Bertz CT molecular complexity index is 898. The molecule has 146 valence electrons. The van der Waals surface area contributed by atoms with Gasteiger partial charge in [0.2, 0.25) is 11.5 Å². The van der Waals surface area contributed by atoms with Crippen molar-refractivity contribution in [1.82, 2.24) is 10.9 Å². The zero-order valence-corrected chi connectivity index (χ0v) is 15.8. The molecule has 2 N–H and O–H groups in total. The number of hydrogen-bond acceptors (Lipinski definition) is 7. The van der Waals surface area contributed by atoms with Gasteiger partial charge in [-0.15, -0.1) is 0 Å². The number of carbonyl (C=O) groups is 2. The van der Waals surface area contributed by atoms with E-state index in [0.717, 1.165) is 0 Å². The zero-order chi connectivity index (χ0) is 20.1. The average Bonchev–Trinajstić information content (AvgIpc) is 3.23. The Kier molecular flexibility index (Phi) is 5.81. The Labute approximate surface area is 162 Å². The first-order valence-corrected chi connectivity index (χ1v) is 8.59. The highest BCUT2D eigenvalue weighted by atomic mass is 16.7. The first-order valence-electron chi connectivity index (χ1n) is 8.59. The van der Waals surface area contributed by atoms with Crippen LogP contribution < -0.4 is 25.4 Å². The summed E-state index contributed by atoms with van der Waals surface area (Å²) < 4.78 is 10.7. The number of carbonyl (C=O) groups excluding carboxylic acids is 2. The summed E-state index contributed by atoms with van der Waals surface area (Å²) in [6.45, 7) is 1.60. The van der Waals surface area contributed by atoms with Crippen LogP contribution in [0.1, 0.15) is 17.3 Å². The Balaban J connectivity index is 1.73. The van der Waals surface area contributed by atoms with E-state index in [1.54, 1.807) is 49.4 Å². The van der Waals surface area contributed by atoms with Crippen LogP contribution in [-0.4, -0.2) is 32.0 Å². The third-order valence-electron chi connectivity index (χ3n) is 4.16.